The van der Waals surface area contributed by atoms with Gasteiger partial charge in [-0.15, -0.1) is 0 Å². The summed E-state index contributed by atoms with van der Waals surface area (Å²) in [5, 5.41) is 5.40. The van der Waals surface area contributed by atoms with E-state index in [1.807, 2.05) is 56.4 Å². The second-order valence-corrected chi connectivity index (χ2v) is 7.25. The van der Waals surface area contributed by atoms with Crippen molar-refractivity contribution in [3.05, 3.63) is 48.0 Å². The van der Waals surface area contributed by atoms with Crippen LogP contribution in [0.15, 0.2) is 42.5 Å². The minimum Gasteiger partial charge on any atom is -0.312 e. The number of fused-ring (bicyclic) bond motifs is 1. The SMILES string of the molecule is CCCS(=O)(=O)CC(NC)c1cccc2ccccc12. The van der Waals surface area contributed by atoms with Crippen molar-refractivity contribution >= 4 is 20.6 Å². The fourth-order valence-electron chi connectivity index (χ4n) is 2.53. The highest BCUT2D eigenvalue weighted by Gasteiger charge is 2.20. The van der Waals surface area contributed by atoms with Gasteiger partial charge < -0.3 is 5.32 Å². The highest BCUT2D eigenvalue weighted by molar-refractivity contribution is 7.91. The first kappa shape index (κ1) is 15.0. The van der Waals surface area contributed by atoms with Crippen molar-refractivity contribution in [2.24, 2.45) is 0 Å². The van der Waals surface area contributed by atoms with Crippen LogP contribution in [0.1, 0.15) is 24.9 Å². The van der Waals surface area contributed by atoms with Crippen molar-refractivity contribution in [3.8, 4) is 0 Å². The van der Waals surface area contributed by atoms with Crippen LogP contribution in [-0.4, -0.2) is 27.0 Å². The maximum absolute atomic E-state index is 12.1. The van der Waals surface area contributed by atoms with Crippen molar-refractivity contribution in [2.45, 2.75) is 19.4 Å². The molecule has 0 spiro atoms. The van der Waals surface area contributed by atoms with E-state index in [-0.39, 0.29) is 17.5 Å². The summed E-state index contributed by atoms with van der Waals surface area (Å²) in [5.41, 5.74) is 1.05. The molecule has 20 heavy (non-hydrogen) atoms. The Hall–Kier alpha value is -1.39. The predicted molar refractivity (Wildman–Crippen MR) is 84.7 cm³/mol. The Morgan fingerprint density at radius 1 is 1.10 bits per heavy atom. The van der Waals surface area contributed by atoms with Gasteiger partial charge in [0, 0.05) is 11.8 Å². The summed E-state index contributed by atoms with van der Waals surface area (Å²) in [5.74, 6) is 0.390. The van der Waals surface area contributed by atoms with Gasteiger partial charge in [-0.3, -0.25) is 0 Å². The maximum atomic E-state index is 12.1. The molecule has 0 saturated heterocycles. The zero-order chi connectivity index (χ0) is 14.6. The number of nitrogens with one attached hydrogen (secondary N) is 1. The summed E-state index contributed by atoms with van der Waals surface area (Å²) < 4.78 is 24.1. The molecule has 0 aliphatic carbocycles. The summed E-state index contributed by atoms with van der Waals surface area (Å²) in [4.78, 5) is 0. The Morgan fingerprint density at radius 2 is 1.80 bits per heavy atom. The first-order valence-electron chi connectivity index (χ1n) is 6.92. The molecule has 0 aromatic heterocycles. The van der Waals surface area contributed by atoms with Gasteiger partial charge in [0.05, 0.1) is 5.75 Å². The van der Waals surface area contributed by atoms with Crippen LogP contribution in [0.2, 0.25) is 0 Å². The molecule has 0 fully saturated rings. The number of rotatable bonds is 6. The molecule has 0 saturated carbocycles. The van der Waals surface area contributed by atoms with Crippen molar-refractivity contribution in [3.63, 3.8) is 0 Å². The Kier molecular flexibility index (Phi) is 4.78. The van der Waals surface area contributed by atoms with Gasteiger partial charge in [0.1, 0.15) is 0 Å². The smallest absolute Gasteiger partial charge is 0.152 e. The molecular weight excluding hydrogens is 270 g/mol. The van der Waals surface area contributed by atoms with E-state index in [0.717, 1.165) is 16.3 Å². The third kappa shape index (κ3) is 3.38. The highest BCUT2D eigenvalue weighted by atomic mass is 32.2. The summed E-state index contributed by atoms with van der Waals surface area (Å²) in [6.45, 7) is 1.89. The second-order valence-electron chi connectivity index (χ2n) is 5.02. The molecule has 0 heterocycles. The second kappa shape index (κ2) is 6.37. The monoisotopic (exact) mass is 291 g/mol. The topological polar surface area (TPSA) is 46.2 Å². The minimum atomic E-state index is -3.02. The Morgan fingerprint density at radius 3 is 2.50 bits per heavy atom. The lowest BCUT2D eigenvalue weighted by atomic mass is 10.00. The predicted octanol–water partition coefficient (Wildman–Crippen LogP) is 2.93. The van der Waals surface area contributed by atoms with Crippen molar-refractivity contribution < 1.29 is 8.42 Å². The van der Waals surface area contributed by atoms with Crippen LogP contribution >= 0.6 is 0 Å². The summed E-state index contributed by atoms with van der Waals surface area (Å²) in [6, 6.07) is 13.9. The molecule has 2 aromatic carbocycles. The fourth-order valence-corrected chi connectivity index (χ4v) is 4.17. The van der Waals surface area contributed by atoms with Crippen LogP contribution < -0.4 is 5.32 Å². The van der Waals surface area contributed by atoms with E-state index in [2.05, 4.69) is 5.32 Å². The third-order valence-corrected chi connectivity index (χ3v) is 5.35. The zero-order valence-electron chi connectivity index (χ0n) is 12.0. The van der Waals surface area contributed by atoms with E-state index in [0.29, 0.717) is 6.42 Å². The molecule has 2 aromatic rings. The Bertz CT molecular complexity index is 674. The molecule has 108 valence electrons. The lowest BCUT2D eigenvalue weighted by molar-refractivity contribution is 0.574. The molecule has 1 unspecified atom stereocenters. The molecule has 3 nitrogen and oxygen atoms in total. The maximum Gasteiger partial charge on any atom is 0.152 e. The van der Waals surface area contributed by atoms with Crippen LogP contribution in [0.5, 0.6) is 0 Å². The van der Waals surface area contributed by atoms with Crippen LogP contribution in [0.3, 0.4) is 0 Å². The lowest BCUT2D eigenvalue weighted by Gasteiger charge is -2.18. The molecule has 0 aliphatic heterocycles. The standard InChI is InChI=1S/C16H21NO2S/c1-3-11-20(18,19)12-16(17-2)15-10-6-8-13-7-4-5-9-14(13)15/h4-10,16-17H,3,11-12H2,1-2H3. The van der Waals surface area contributed by atoms with Crippen molar-refractivity contribution in [1.29, 1.82) is 0 Å². The van der Waals surface area contributed by atoms with E-state index in [1.165, 1.54) is 0 Å². The number of hydrogen-bond acceptors (Lipinski definition) is 3. The van der Waals surface area contributed by atoms with E-state index < -0.39 is 9.84 Å². The molecule has 1 N–H and O–H groups in total. The van der Waals surface area contributed by atoms with Gasteiger partial charge in [-0.05, 0) is 29.8 Å². The summed E-state index contributed by atoms with van der Waals surface area (Å²) in [7, 11) is -1.21. The molecular formula is C16H21NO2S. The minimum absolute atomic E-state index is 0.144. The molecule has 0 aliphatic rings. The quantitative estimate of drug-likeness (QED) is 0.890. The number of hydrogen-bond donors (Lipinski definition) is 1. The van der Waals surface area contributed by atoms with Gasteiger partial charge in [0.15, 0.2) is 9.84 Å². The number of benzene rings is 2. The summed E-state index contributed by atoms with van der Waals surface area (Å²) >= 11 is 0. The Labute approximate surface area is 120 Å². The molecule has 4 heteroatoms. The molecule has 1 atom stereocenters. The van der Waals surface area contributed by atoms with Crippen LogP contribution in [0, 0.1) is 0 Å². The average molecular weight is 291 g/mol. The van der Waals surface area contributed by atoms with Gasteiger partial charge in [0.2, 0.25) is 0 Å². The fraction of sp³-hybridized carbons (Fsp3) is 0.375. The lowest BCUT2D eigenvalue weighted by Crippen LogP contribution is -2.26. The van der Waals surface area contributed by atoms with Gasteiger partial charge >= 0.3 is 0 Å². The van der Waals surface area contributed by atoms with E-state index >= 15 is 0 Å². The first-order chi connectivity index (χ1) is 9.57. The third-order valence-electron chi connectivity index (χ3n) is 3.48. The van der Waals surface area contributed by atoms with Crippen LogP contribution in [-0.2, 0) is 9.84 Å². The van der Waals surface area contributed by atoms with Gasteiger partial charge in [-0.25, -0.2) is 8.42 Å². The van der Waals surface area contributed by atoms with Crippen LogP contribution in [0.25, 0.3) is 10.8 Å². The van der Waals surface area contributed by atoms with Gasteiger partial charge in [-0.1, -0.05) is 49.4 Å². The Balaban J connectivity index is 2.40. The highest BCUT2D eigenvalue weighted by Crippen LogP contribution is 2.25. The molecule has 0 amide bonds. The normalized spacial score (nSPS) is 13.5. The molecule has 2 rings (SSSR count). The zero-order valence-corrected chi connectivity index (χ0v) is 12.8. The van der Waals surface area contributed by atoms with Gasteiger partial charge in [-0.2, -0.15) is 0 Å². The average Bonchev–Trinajstić information content (AvgIpc) is 2.44. The van der Waals surface area contributed by atoms with E-state index in [9.17, 15) is 8.42 Å². The van der Waals surface area contributed by atoms with Crippen molar-refractivity contribution in [1.82, 2.24) is 5.32 Å². The first-order valence-corrected chi connectivity index (χ1v) is 8.75. The van der Waals surface area contributed by atoms with Crippen LogP contribution in [0.4, 0.5) is 0 Å². The summed E-state index contributed by atoms with van der Waals surface area (Å²) in [6.07, 6.45) is 0.661. The van der Waals surface area contributed by atoms with Gasteiger partial charge in [0.25, 0.3) is 0 Å². The molecule has 0 radical (unpaired) electrons. The largest absolute Gasteiger partial charge is 0.312 e. The van der Waals surface area contributed by atoms with E-state index in [4.69, 9.17) is 0 Å². The van der Waals surface area contributed by atoms with E-state index in [1.54, 1.807) is 0 Å². The van der Waals surface area contributed by atoms with Crippen molar-refractivity contribution in [2.75, 3.05) is 18.6 Å². The molecule has 0 bridgehead atoms. The number of sulfone groups is 1.